The van der Waals surface area contributed by atoms with Crippen LogP contribution in [0.15, 0.2) is 84.4 Å². The van der Waals surface area contributed by atoms with Gasteiger partial charge in [0.1, 0.15) is 5.82 Å². The maximum Gasteiger partial charge on any atom is 0.323 e. The van der Waals surface area contributed by atoms with E-state index in [1.165, 1.54) is 4.90 Å². The van der Waals surface area contributed by atoms with Gasteiger partial charge in [-0.3, -0.25) is 4.90 Å². The number of benzene rings is 3. The second-order valence-electron chi connectivity index (χ2n) is 8.67. The SMILES string of the molecule is NCc1cccc(N(C(N)=O)c2ccc(-c3csc4c(-c5cccc(CS(=O)O)c5)cnc(N)c34)cc2)c1. The molecular weight excluding hydrogens is 518 g/mol. The molecule has 0 saturated carbocycles. The molecule has 0 aliphatic carbocycles. The molecule has 1 unspecified atom stereocenters. The van der Waals surface area contributed by atoms with Gasteiger partial charge in [-0.15, -0.1) is 11.3 Å². The molecule has 0 spiro atoms. The lowest BCUT2D eigenvalue weighted by molar-refractivity contribution is 0.256. The van der Waals surface area contributed by atoms with Gasteiger partial charge in [-0.1, -0.05) is 48.5 Å². The molecule has 0 fully saturated rings. The number of anilines is 3. The number of carbonyl (C=O) groups is 1. The van der Waals surface area contributed by atoms with E-state index in [0.29, 0.717) is 23.7 Å². The van der Waals surface area contributed by atoms with Crippen LogP contribution in [0.4, 0.5) is 22.0 Å². The van der Waals surface area contributed by atoms with Crippen molar-refractivity contribution in [3.05, 3.63) is 95.5 Å². The monoisotopic (exact) mass is 543 g/mol. The van der Waals surface area contributed by atoms with Gasteiger partial charge in [0.15, 0.2) is 11.1 Å². The maximum atomic E-state index is 12.4. The minimum atomic E-state index is -1.93. The molecule has 0 aliphatic rings. The van der Waals surface area contributed by atoms with Gasteiger partial charge in [-0.05, 0) is 51.9 Å². The predicted octanol–water partition coefficient (Wildman–Crippen LogP) is 5.61. The fourth-order valence-electron chi connectivity index (χ4n) is 4.47. The third-order valence-electron chi connectivity index (χ3n) is 6.21. The summed E-state index contributed by atoms with van der Waals surface area (Å²) in [7, 11) is 0. The van der Waals surface area contributed by atoms with E-state index in [9.17, 15) is 13.6 Å². The molecule has 8 nitrogen and oxygen atoms in total. The van der Waals surface area contributed by atoms with Crippen molar-refractivity contribution in [3.63, 3.8) is 0 Å². The number of amides is 2. The molecule has 7 N–H and O–H groups in total. The van der Waals surface area contributed by atoms with E-state index in [4.69, 9.17) is 17.2 Å². The number of nitrogens with zero attached hydrogens (tertiary/aromatic N) is 2. The zero-order valence-corrected chi connectivity index (χ0v) is 21.8. The number of hydrogen-bond donors (Lipinski definition) is 4. The Kier molecular flexibility index (Phi) is 7.21. The molecule has 5 rings (SSSR count). The molecule has 2 amide bonds. The van der Waals surface area contributed by atoms with Crippen molar-refractivity contribution < 1.29 is 13.6 Å². The summed E-state index contributed by atoms with van der Waals surface area (Å²) in [5, 5.41) is 2.86. The Morgan fingerprint density at radius 3 is 2.39 bits per heavy atom. The molecule has 0 saturated heterocycles. The molecule has 0 bridgehead atoms. The molecule has 1 atom stereocenters. The maximum absolute atomic E-state index is 12.4. The van der Waals surface area contributed by atoms with E-state index in [2.05, 4.69) is 4.98 Å². The summed E-state index contributed by atoms with van der Waals surface area (Å²) in [4.78, 5) is 18.2. The van der Waals surface area contributed by atoms with Crippen LogP contribution in [0.3, 0.4) is 0 Å². The Labute approximate surface area is 226 Å². The molecular formula is C28H25N5O3S2. The highest BCUT2D eigenvalue weighted by Crippen LogP contribution is 2.42. The Balaban J connectivity index is 1.54. The molecule has 5 aromatic rings. The van der Waals surface area contributed by atoms with E-state index in [-0.39, 0.29) is 5.75 Å². The first kappa shape index (κ1) is 25.6. The average Bonchev–Trinajstić information content (AvgIpc) is 3.35. The number of thiophene rings is 1. The van der Waals surface area contributed by atoms with Crippen molar-refractivity contribution in [3.8, 4) is 22.3 Å². The first-order valence-electron chi connectivity index (χ1n) is 11.7. The Hall–Kier alpha value is -4.09. The summed E-state index contributed by atoms with van der Waals surface area (Å²) in [6.45, 7) is 0.354. The summed E-state index contributed by atoms with van der Waals surface area (Å²) in [5.41, 5.74) is 24.4. The number of primary amides is 1. The quantitative estimate of drug-likeness (QED) is 0.196. The summed E-state index contributed by atoms with van der Waals surface area (Å²) < 4.78 is 21.6. The van der Waals surface area contributed by atoms with Crippen molar-refractivity contribution in [1.29, 1.82) is 0 Å². The van der Waals surface area contributed by atoms with Crippen molar-refractivity contribution in [2.45, 2.75) is 12.3 Å². The van der Waals surface area contributed by atoms with Gasteiger partial charge in [0.05, 0.1) is 17.1 Å². The zero-order chi connectivity index (χ0) is 26.8. The van der Waals surface area contributed by atoms with Crippen LogP contribution in [0.5, 0.6) is 0 Å². The molecule has 0 aliphatic heterocycles. The minimum Gasteiger partial charge on any atom is -0.383 e. The second kappa shape index (κ2) is 10.7. The van der Waals surface area contributed by atoms with Gasteiger partial charge in [-0.25, -0.2) is 14.0 Å². The largest absolute Gasteiger partial charge is 0.383 e. The number of carbonyl (C=O) groups excluding carboxylic acids is 1. The van der Waals surface area contributed by atoms with Gasteiger partial charge >= 0.3 is 6.03 Å². The summed E-state index contributed by atoms with van der Waals surface area (Å²) in [6.07, 6.45) is 1.73. The van der Waals surface area contributed by atoms with Crippen LogP contribution < -0.4 is 22.1 Å². The highest BCUT2D eigenvalue weighted by atomic mass is 32.2. The van der Waals surface area contributed by atoms with Crippen LogP contribution in [0.2, 0.25) is 0 Å². The minimum absolute atomic E-state index is 0.0558. The smallest absolute Gasteiger partial charge is 0.323 e. The zero-order valence-electron chi connectivity index (χ0n) is 20.2. The number of nitrogens with two attached hydrogens (primary N) is 3. The molecule has 2 heterocycles. The lowest BCUT2D eigenvalue weighted by atomic mass is 10.0. The van der Waals surface area contributed by atoms with Crippen molar-refractivity contribution in [2.75, 3.05) is 10.6 Å². The molecule has 2 aromatic heterocycles. The molecule has 0 radical (unpaired) electrons. The van der Waals surface area contributed by atoms with Gasteiger partial charge in [-0.2, -0.15) is 0 Å². The van der Waals surface area contributed by atoms with E-state index < -0.39 is 17.1 Å². The summed E-state index contributed by atoms with van der Waals surface area (Å²) in [5.74, 6) is 0.467. The van der Waals surface area contributed by atoms with E-state index in [0.717, 1.165) is 43.5 Å². The van der Waals surface area contributed by atoms with Crippen molar-refractivity contribution in [1.82, 2.24) is 4.98 Å². The van der Waals surface area contributed by atoms with E-state index in [1.807, 2.05) is 78.2 Å². The number of rotatable bonds is 7. The fourth-order valence-corrected chi connectivity index (χ4v) is 6.06. The van der Waals surface area contributed by atoms with Crippen LogP contribution >= 0.6 is 11.3 Å². The van der Waals surface area contributed by atoms with Crippen LogP contribution in [0, 0.1) is 0 Å². The number of hydrogen-bond acceptors (Lipinski definition) is 6. The van der Waals surface area contributed by atoms with Crippen LogP contribution in [-0.2, 0) is 23.4 Å². The standard InChI is InChI=1S/C28H25N5O3S2/c29-13-17-3-2-6-22(12-17)33(28(31)34)21-9-7-19(8-10-21)24-15-37-26-23(14-32-27(30)25(24)26)20-5-1-4-18(11-20)16-38(35)36/h1-12,14-15H,13,16,29H2,(H2,30,32)(H2,31,34)(H,35,36). The van der Waals surface area contributed by atoms with Crippen molar-refractivity contribution >= 4 is 55.7 Å². The highest BCUT2D eigenvalue weighted by Gasteiger charge is 2.18. The Morgan fingerprint density at radius 2 is 1.68 bits per heavy atom. The average molecular weight is 544 g/mol. The number of pyridine rings is 1. The topological polar surface area (TPSA) is 149 Å². The third kappa shape index (κ3) is 5.02. The second-order valence-corrected chi connectivity index (χ2v) is 10.5. The fraction of sp³-hybridized carbons (Fsp3) is 0.0714. The lowest BCUT2D eigenvalue weighted by Crippen LogP contribution is -2.31. The van der Waals surface area contributed by atoms with Gasteiger partial charge in [0.2, 0.25) is 0 Å². The van der Waals surface area contributed by atoms with Crippen LogP contribution in [0.25, 0.3) is 32.3 Å². The number of urea groups is 1. The van der Waals surface area contributed by atoms with Crippen molar-refractivity contribution in [2.24, 2.45) is 11.5 Å². The lowest BCUT2D eigenvalue weighted by Gasteiger charge is -2.21. The van der Waals surface area contributed by atoms with E-state index in [1.54, 1.807) is 17.5 Å². The number of fused-ring (bicyclic) bond motifs is 1. The molecule has 10 heteroatoms. The number of nitrogen functional groups attached to an aromatic ring is 1. The first-order chi connectivity index (χ1) is 18.4. The number of aromatic nitrogens is 1. The third-order valence-corrected chi connectivity index (χ3v) is 7.81. The van der Waals surface area contributed by atoms with Crippen LogP contribution in [-0.4, -0.2) is 19.8 Å². The predicted molar refractivity (Wildman–Crippen MR) is 155 cm³/mol. The Morgan fingerprint density at radius 1 is 0.947 bits per heavy atom. The summed E-state index contributed by atoms with van der Waals surface area (Å²) >= 11 is -0.372. The molecule has 3 aromatic carbocycles. The summed E-state index contributed by atoms with van der Waals surface area (Å²) in [6, 6.07) is 21.8. The van der Waals surface area contributed by atoms with E-state index >= 15 is 0 Å². The highest BCUT2D eigenvalue weighted by molar-refractivity contribution is 7.78. The molecule has 38 heavy (non-hydrogen) atoms. The van der Waals surface area contributed by atoms with Gasteiger partial charge < -0.3 is 21.8 Å². The normalized spacial score (nSPS) is 11.9. The first-order valence-corrected chi connectivity index (χ1v) is 13.8. The Bertz CT molecular complexity index is 1670. The van der Waals surface area contributed by atoms with Gasteiger partial charge in [0, 0.05) is 34.0 Å². The van der Waals surface area contributed by atoms with Gasteiger partial charge in [0.25, 0.3) is 0 Å². The molecule has 192 valence electrons. The van der Waals surface area contributed by atoms with Crippen LogP contribution in [0.1, 0.15) is 11.1 Å².